The normalized spacial score (nSPS) is 21.2. The lowest BCUT2D eigenvalue weighted by atomic mass is 9.98. The van der Waals surface area contributed by atoms with Crippen molar-refractivity contribution in [3.05, 3.63) is 23.8 Å². The lowest BCUT2D eigenvalue weighted by Crippen LogP contribution is -2.63. The van der Waals surface area contributed by atoms with Crippen molar-refractivity contribution in [2.24, 2.45) is 11.5 Å². The number of carbonyl (C=O) groups is 7. The number of ether oxygens (including phenoxy) is 6. The molecule has 1 aromatic rings. The monoisotopic (exact) mass is 636 g/mol. The molecular weight excluding hydrogens is 603 g/mol. The highest BCUT2D eigenvalue weighted by atomic mass is 16.7. The highest BCUT2D eigenvalue weighted by Crippen LogP contribution is 2.33. The highest BCUT2D eigenvalue weighted by molar-refractivity contribution is 6.55. The van der Waals surface area contributed by atoms with Crippen LogP contribution in [0.5, 0.6) is 5.75 Å². The first-order valence-electron chi connectivity index (χ1n) is 13.5. The second-order valence-electron chi connectivity index (χ2n) is 9.39. The molecule has 1 aliphatic heterocycles. The van der Waals surface area contributed by atoms with E-state index in [1.165, 1.54) is 18.2 Å². The van der Waals surface area contributed by atoms with Crippen LogP contribution in [0.1, 0.15) is 31.2 Å². The predicted molar refractivity (Wildman–Crippen MR) is 149 cm³/mol. The molecule has 0 bridgehead atoms. The number of carboxylic acid groups (broad SMARTS) is 1. The summed E-state index contributed by atoms with van der Waals surface area (Å²) in [6.45, 7) is -0.178. The molecule has 1 fully saturated rings. The second-order valence-corrected chi connectivity index (χ2v) is 9.39. The number of aliphatic carboxylic acids is 1. The fourth-order valence-electron chi connectivity index (χ4n) is 4.17. The first-order valence-corrected chi connectivity index (χ1v) is 13.5. The van der Waals surface area contributed by atoms with Gasteiger partial charge in [0.25, 0.3) is 19.4 Å². The molecule has 0 saturated carbocycles. The average molecular weight is 636 g/mol. The number of anilines is 1. The maximum Gasteiger partial charge on any atom is 0.337 e. The Balaban J connectivity index is 2.29. The van der Waals surface area contributed by atoms with Crippen molar-refractivity contribution >= 4 is 56.6 Å². The number of unbranched alkanes of at least 4 members (excludes halogenated alkanes) is 1. The van der Waals surface area contributed by atoms with Crippen molar-refractivity contribution in [3.63, 3.8) is 0 Å². The van der Waals surface area contributed by atoms with E-state index in [4.69, 9.17) is 47.7 Å². The molecular formula is C26H33BN4O14. The van der Waals surface area contributed by atoms with E-state index in [1.54, 1.807) is 0 Å². The van der Waals surface area contributed by atoms with E-state index in [2.05, 4.69) is 10.6 Å². The molecule has 0 aliphatic carbocycles. The van der Waals surface area contributed by atoms with E-state index >= 15 is 0 Å². The minimum atomic E-state index is -1.96. The topological polar surface area (TPSA) is 271 Å². The smallest absolute Gasteiger partial charge is 0.337 e. The van der Waals surface area contributed by atoms with Crippen LogP contribution in [0.2, 0.25) is 0 Å². The van der Waals surface area contributed by atoms with Gasteiger partial charge in [0.05, 0.1) is 11.7 Å². The zero-order valence-electron chi connectivity index (χ0n) is 23.9. The Hall–Kier alpha value is -4.75. The van der Waals surface area contributed by atoms with Crippen molar-refractivity contribution in [2.45, 2.75) is 69.0 Å². The molecule has 6 atom stereocenters. The summed E-state index contributed by atoms with van der Waals surface area (Å²) in [6.07, 6.45) is -7.29. The summed E-state index contributed by atoms with van der Waals surface area (Å²) in [5.74, 6) is -3.98. The number of amides is 2. The molecule has 2 rings (SSSR count). The van der Waals surface area contributed by atoms with Gasteiger partial charge in [-0.15, -0.1) is 0 Å². The Morgan fingerprint density at radius 2 is 1.69 bits per heavy atom. The van der Waals surface area contributed by atoms with Crippen LogP contribution in [0.3, 0.4) is 0 Å². The Labute approximate surface area is 257 Å². The van der Waals surface area contributed by atoms with Crippen molar-refractivity contribution in [1.82, 2.24) is 5.32 Å². The number of carboxylic acids is 1. The van der Waals surface area contributed by atoms with E-state index in [0.717, 1.165) is 0 Å². The summed E-state index contributed by atoms with van der Waals surface area (Å²) in [6, 6.07) is 3.22. The van der Waals surface area contributed by atoms with Gasteiger partial charge in [0.1, 0.15) is 12.4 Å². The van der Waals surface area contributed by atoms with Gasteiger partial charge in [0, 0.05) is 13.0 Å². The fraction of sp³-hybridized carbons (Fsp3) is 0.500. The van der Waals surface area contributed by atoms with Crippen molar-refractivity contribution < 1.29 is 67.1 Å². The number of hydrogen-bond acceptors (Lipinski definition) is 15. The Morgan fingerprint density at radius 1 is 1.02 bits per heavy atom. The van der Waals surface area contributed by atoms with E-state index < -0.39 is 60.4 Å². The quantitative estimate of drug-likeness (QED) is 0.0457. The van der Waals surface area contributed by atoms with Gasteiger partial charge in [-0.1, -0.05) is 12.5 Å². The van der Waals surface area contributed by atoms with Crippen molar-refractivity contribution in [1.29, 1.82) is 0 Å². The third-order valence-corrected chi connectivity index (χ3v) is 6.28. The molecule has 1 heterocycles. The minimum Gasteiger partial charge on any atom is -0.479 e. The lowest BCUT2D eigenvalue weighted by Gasteiger charge is -2.41. The Morgan fingerprint density at radius 3 is 2.31 bits per heavy atom. The summed E-state index contributed by atoms with van der Waals surface area (Å²) in [4.78, 5) is 81.5. The summed E-state index contributed by atoms with van der Waals surface area (Å²) < 4.78 is 30.6. The first-order chi connectivity index (χ1) is 21.6. The van der Waals surface area contributed by atoms with Gasteiger partial charge >= 0.3 is 5.97 Å². The van der Waals surface area contributed by atoms with Crippen LogP contribution in [-0.2, 0) is 59.1 Å². The largest absolute Gasteiger partial charge is 0.479 e. The van der Waals surface area contributed by atoms with Gasteiger partial charge in [-0.2, -0.15) is 0 Å². The van der Waals surface area contributed by atoms with Crippen LogP contribution in [0.15, 0.2) is 18.2 Å². The predicted octanol–water partition coefficient (Wildman–Crippen LogP) is -1.79. The molecule has 244 valence electrons. The molecule has 19 heteroatoms. The molecule has 2 radical (unpaired) electrons. The zero-order valence-corrected chi connectivity index (χ0v) is 23.9. The molecule has 1 saturated heterocycles. The molecule has 2 amide bonds. The van der Waals surface area contributed by atoms with Crippen LogP contribution in [0, 0.1) is 0 Å². The maximum atomic E-state index is 12.8. The van der Waals surface area contributed by atoms with Crippen molar-refractivity contribution in [3.8, 4) is 5.75 Å². The average Bonchev–Trinajstić information content (AvgIpc) is 2.99. The van der Waals surface area contributed by atoms with E-state index in [1.807, 2.05) is 0 Å². The lowest BCUT2D eigenvalue weighted by molar-refractivity contribution is -0.276. The van der Waals surface area contributed by atoms with Crippen molar-refractivity contribution in [2.75, 3.05) is 18.4 Å². The van der Waals surface area contributed by atoms with Crippen LogP contribution in [0.4, 0.5) is 10.5 Å². The fourth-order valence-corrected chi connectivity index (χ4v) is 4.17. The third kappa shape index (κ3) is 11.4. The third-order valence-electron chi connectivity index (χ3n) is 6.28. The molecule has 18 nitrogen and oxygen atoms in total. The molecule has 0 spiro atoms. The summed E-state index contributed by atoms with van der Waals surface area (Å²) in [5.41, 5.74) is 11.5. The summed E-state index contributed by atoms with van der Waals surface area (Å²) in [7, 11) is 5.02. The van der Waals surface area contributed by atoms with Gasteiger partial charge in [0.15, 0.2) is 18.3 Å². The maximum absolute atomic E-state index is 12.8. The van der Waals surface area contributed by atoms with Crippen LogP contribution in [-0.4, -0.2) is 106 Å². The SMILES string of the molecule is [B]C(=O)OCc1ccc(O[C@@H]2O[C@H](C(=O)O)[C@@H](OC=O)[C@H](OC=O)[C@H]2OC=O)c(NC(=O)CCNC(=O)C(N)CCCCN)c1. The molecule has 0 aromatic heterocycles. The van der Waals surface area contributed by atoms with Crippen LogP contribution in [0.25, 0.3) is 0 Å². The van der Waals surface area contributed by atoms with Crippen LogP contribution >= 0.6 is 0 Å². The highest BCUT2D eigenvalue weighted by Gasteiger charge is 2.54. The number of rotatable bonds is 20. The van der Waals surface area contributed by atoms with E-state index in [9.17, 15) is 38.7 Å². The van der Waals surface area contributed by atoms with E-state index in [0.29, 0.717) is 31.4 Å². The summed E-state index contributed by atoms with van der Waals surface area (Å²) in [5, 5.41) is 14.8. The Kier molecular flexibility index (Phi) is 15.2. The van der Waals surface area contributed by atoms with Gasteiger partial charge in [0.2, 0.25) is 37.9 Å². The molecule has 1 aromatic carbocycles. The number of nitrogens with two attached hydrogens (primary N) is 2. The van der Waals surface area contributed by atoms with Gasteiger partial charge in [-0.3, -0.25) is 28.8 Å². The number of nitrogens with one attached hydrogen (secondary N) is 2. The van der Waals surface area contributed by atoms with Gasteiger partial charge in [-0.05, 0) is 37.1 Å². The van der Waals surface area contributed by atoms with Gasteiger partial charge < -0.3 is 55.6 Å². The molecule has 1 aliphatic rings. The number of benzene rings is 1. The number of carbonyl (C=O) groups excluding carboxylic acids is 6. The molecule has 7 N–H and O–H groups in total. The number of hydrogen-bond donors (Lipinski definition) is 5. The summed E-state index contributed by atoms with van der Waals surface area (Å²) >= 11 is 0. The van der Waals surface area contributed by atoms with E-state index in [-0.39, 0.29) is 50.4 Å². The molecule has 45 heavy (non-hydrogen) atoms. The minimum absolute atomic E-state index is 0.0595. The zero-order chi connectivity index (χ0) is 33.4. The van der Waals surface area contributed by atoms with Gasteiger partial charge in [-0.25, -0.2) is 4.79 Å². The second kappa shape index (κ2) is 18.8. The Bertz CT molecular complexity index is 1200. The van der Waals surface area contributed by atoms with Crippen LogP contribution < -0.4 is 26.8 Å². The molecule has 1 unspecified atom stereocenters. The first kappa shape index (κ1) is 36.4. The standard InChI is InChI=1S/C26H33BN4O14/c27-26(39)40-10-14-4-5-17(16(9-14)31-18(35)6-8-30-23(36)15(29)3-1-2-7-28)44-25-22(43-13-34)20(42-12-33)19(41-11-32)21(45-25)24(37)38/h4-5,9,11-13,15,19-22,25H,1-3,6-8,10,28-29H2,(H,30,36)(H,31,35)(H,37,38)/t15?,19-,20-,21-,22+,25+/m0/s1.